The summed E-state index contributed by atoms with van der Waals surface area (Å²) in [4.78, 5) is 14.3. The predicted molar refractivity (Wildman–Crippen MR) is 138 cm³/mol. The molecule has 0 spiro atoms. The first kappa shape index (κ1) is 24.6. The van der Waals surface area contributed by atoms with E-state index in [1.165, 1.54) is 22.2 Å². The van der Waals surface area contributed by atoms with Crippen molar-refractivity contribution in [2.45, 2.75) is 26.2 Å². The van der Waals surface area contributed by atoms with Gasteiger partial charge in [-0.05, 0) is 62.8 Å². The number of rotatable bonds is 7. The Hall–Kier alpha value is -2.03. The lowest BCUT2D eigenvalue weighted by atomic mass is 9.87. The number of carbonyl (C=O) groups excluding carboxylic acids is 1. The molecule has 0 atom stereocenters. The van der Waals surface area contributed by atoms with Crippen molar-refractivity contribution in [3.05, 3.63) is 56.9 Å². The number of hydrogen-bond donors (Lipinski definition) is 0. The maximum absolute atomic E-state index is 12.3. The van der Waals surface area contributed by atoms with Crippen LogP contribution in [-0.4, -0.2) is 42.5 Å². The predicted octanol–water partition coefficient (Wildman–Crippen LogP) is 6.04. The first-order valence-electron chi connectivity index (χ1n) is 10.1. The number of benzene rings is 2. The van der Waals surface area contributed by atoms with E-state index in [0.717, 1.165) is 15.8 Å². The first-order chi connectivity index (χ1) is 15.1. The molecular formula is C24H26BrNO4S2. The van der Waals surface area contributed by atoms with Crippen LogP contribution in [0.5, 0.6) is 17.2 Å². The van der Waals surface area contributed by atoms with Gasteiger partial charge >= 0.3 is 0 Å². The van der Waals surface area contributed by atoms with Gasteiger partial charge in [-0.1, -0.05) is 56.9 Å². The Morgan fingerprint density at radius 2 is 1.78 bits per heavy atom. The average Bonchev–Trinajstić information content (AvgIpc) is 2.98. The Labute approximate surface area is 207 Å². The Morgan fingerprint density at radius 3 is 2.34 bits per heavy atom. The molecular weight excluding hydrogens is 510 g/mol. The molecule has 1 aliphatic rings. The zero-order chi connectivity index (χ0) is 23.5. The summed E-state index contributed by atoms with van der Waals surface area (Å²) >= 11 is 10.0. The van der Waals surface area contributed by atoms with Gasteiger partial charge in [0.2, 0.25) is 0 Å². The summed E-state index contributed by atoms with van der Waals surface area (Å²) in [6.45, 7) is 7.29. The van der Waals surface area contributed by atoms with Crippen molar-refractivity contribution < 1.29 is 19.0 Å². The highest BCUT2D eigenvalue weighted by molar-refractivity contribution is 9.10. The second-order valence-corrected chi connectivity index (χ2v) is 10.8. The van der Waals surface area contributed by atoms with Crippen molar-refractivity contribution in [1.29, 1.82) is 0 Å². The Bertz CT molecular complexity index is 1050. The van der Waals surface area contributed by atoms with E-state index in [9.17, 15) is 4.79 Å². The SMILES string of the molecule is COc1cc(/C=C2/SC(=S)N(C)C2=O)cc(Br)c1OCCOc1ccc(C(C)(C)C)cc1. The van der Waals surface area contributed by atoms with Crippen LogP contribution in [0.4, 0.5) is 0 Å². The van der Waals surface area contributed by atoms with Crippen molar-refractivity contribution in [2.75, 3.05) is 27.4 Å². The van der Waals surface area contributed by atoms with Crippen LogP contribution >= 0.6 is 39.9 Å². The number of methoxy groups -OCH3 is 1. The number of ether oxygens (including phenoxy) is 3. The molecule has 1 amide bonds. The molecule has 2 aromatic rings. The standard InChI is InChI=1S/C24H26BrNO4S2/c1-24(2,3)16-6-8-17(9-7-16)29-10-11-30-21-18(25)12-15(13-19(21)28-5)14-20-22(27)26(4)23(31)32-20/h6-9,12-14H,10-11H2,1-5H3/b20-14+. The summed E-state index contributed by atoms with van der Waals surface area (Å²) in [6, 6.07) is 11.8. The number of thioether (sulfide) groups is 1. The molecule has 1 saturated heterocycles. The van der Waals surface area contributed by atoms with E-state index in [2.05, 4.69) is 48.8 Å². The number of amides is 1. The lowest BCUT2D eigenvalue weighted by molar-refractivity contribution is -0.121. The summed E-state index contributed by atoms with van der Waals surface area (Å²) in [7, 11) is 3.25. The third-order valence-electron chi connectivity index (χ3n) is 4.85. The molecule has 0 aromatic heterocycles. The van der Waals surface area contributed by atoms with E-state index in [0.29, 0.717) is 33.9 Å². The minimum atomic E-state index is -0.108. The topological polar surface area (TPSA) is 48.0 Å². The van der Waals surface area contributed by atoms with E-state index < -0.39 is 0 Å². The molecule has 0 radical (unpaired) electrons. The fraction of sp³-hybridized carbons (Fsp3) is 0.333. The third-order valence-corrected chi connectivity index (χ3v) is 6.93. The molecule has 5 nitrogen and oxygen atoms in total. The molecule has 1 fully saturated rings. The Kier molecular flexibility index (Phi) is 7.90. The van der Waals surface area contributed by atoms with Crippen LogP contribution in [0.2, 0.25) is 0 Å². The van der Waals surface area contributed by atoms with E-state index in [-0.39, 0.29) is 11.3 Å². The molecule has 0 saturated carbocycles. The monoisotopic (exact) mass is 535 g/mol. The summed E-state index contributed by atoms with van der Waals surface area (Å²) < 4.78 is 18.5. The van der Waals surface area contributed by atoms with Gasteiger partial charge in [-0.15, -0.1) is 0 Å². The summed E-state index contributed by atoms with van der Waals surface area (Å²) in [6.07, 6.45) is 1.80. The van der Waals surface area contributed by atoms with Crippen molar-refractivity contribution in [3.8, 4) is 17.2 Å². The van der Waals surface area contributed by atoms with Gasteiger partial charge in [-0.25, -0.2) is 0 Å². The summed E-state index contributed by atoms with van der Waals surface area (Å²) in [5.74, 6) is 1.84. The first-order valence-corrected chi connectivity index (χ1v) is 12.1. The average molecular weight is 537 g/mol. The second kappa shape index (κ2) is 10.3. The third kappa shape index (κ3) is 5.85. The Morgan fingerprint density at radius 1 is 1.12 bits per heavy atom. The van der Waals surface area contributed by atoms with Gasteiger partial charge in [-0.2, -0.15) is 0 Å². The molecule has 0 aliphatic carbocycles. The molecule has 0 N–H and O–H groups in total. The molecule has 0 unspecified atom stereocenters. The van der Waals surface area contributed by atoms with Gasteiger partial charge in [0.15, 0.2) is 11.5 Å². The van der Waals surface area contributed by atoms with Crippen LogP contribution in [-0.2, 0) is 10.2 Å². The maximum Gasteiger partial charge on any atom is 0.265 e. The van der Waals surface area contributed by atoms with Crippen molar-refractivity contribution in [3.63, 3.8) is 0 Å². The molecule has 32 heavy (non-hydrogen) atoms. The number of thiocarbonyl (C=S) groups is 1. The Balaban J connectivity index is 1.63. The lowest BCUT2D eigenvalue weighted by Crippen LogP contribution is -2.22. The zero-order valence-corrected chi connectivity index (χ0v) is 21.9. The van der Waals surface area contributed by atoms with Gasteiger partial charge in [0.1, 0.15) is 23.3 Å². The van der Waals surface area contributed by atoms with Crippen LogP contribution in [0.3, 0.4) is 0 Å². The van der Waals surface area contributed by atoms with E-state index in [1.807, 2.05) is 24.3 Å². The lowest BCUT2D eigenvalue weighted by Gasteiger charge is -2.19. The number of likely N-dealkylation sites (N-methyl/N-ethyl adjacent to an activating group) is 1. The smallest absolute Gasteiger partial charge is 0.265 e. The molecule has 2 aromatic carbocycles. The number of hydrogen-bond acceptors (Lipinski definition) is 6. The molecule has 1 heterocycles. The minimum absolute atomic E-state index is 0.108. The number of carbonyl (C=O) groups is 1. The van der Waals surface area contributed by atoms with Gasteiger partial charge in [0.25, 0.3) is 5.91 Å². The van der Waals surface area contributed by atoms with Crippen LogP contribution in [0, 0.1) is 0 Å². The molecule has 3 rings (SSSR count). The molecule has 170 valence electrons. The summed E-state index contributed by atoms with van der Waals surface area (Å²) in [5, 5.41) is 0. The quantitative estimate of drug-likeness (QED) is 0.244. The van der Waals surface area contributed by atoms with Crippen molar-refractivity contribution in [2.24, 2.45) is 0 Å². The maximum atomic E-state index is 12.3. The van der Waals surface area contributed by atoms with Gasteiger partial charge in [0, 0.05) is 7.05 Å². The molecule has 0 bridgehead atoms. The van der Waals surface area contributed by atoms with Crippen LogP contribution in [0.15, 0.2) is 45.8 Å². The largest absolute Gasteiger partial charge is 0.493 e. The van der Waals surface area contributed by atoms with Gasteiger partial charge < -0.3 is 14.2 Å². The molecule has 8 heteroatoms. The normalized spacial score (nSPS) is 15.4. The summed E-state index contributed by atoms with van der Waals surface area (Å²) in [5.41, 5.74) is 2.18. The minimum Gasteiger partial charge on any atom is -0.493 e. The van der Waals surface area contributed by atoms with Gasteiger partial charge in [-0.3, -0.25) is 9.69 Å². The van der Waals surface area contributed by atoms with Crippen molar-refractivity contribution in [1.82, 2.24) is 4.90 Å². The van der Waals surface area contributed by atoms with Gasteiger partial charge in [0.05, 0.1) is 16.5 Å². The fourth-order valence-electron chi connectivity index (χ4n) is 3.01. The fourth-order valence-corrected chi connectivity index (χ4v) is 4.77. The zero-order valence-electron chi connectivity index (χ0n) is 18.7. The second-order valence-electron chi connectivity index (χ2n) is 8.25. The van der Waals surface area contributed by atoms with E-state index in [4.69, 9.17) is 26.4 Å². The van der Waals surface area contributed by atoms with E-state index in [1.54, 1.807) is 20.2 Å². The number of nitrogens with zero attached hydrogens (tertiary/aromatic N) is 1. The van der Waals surface area contributed by atoms with Crippen molar-refractivity contribution >= 4 is 56.2 Å². The van der Waals surface area contributed by atoms with Crippen LogP contribution < -0.4 is 14.2 Å². The van der Waals surface area contributed by atoms with E-state index >= 15 is 0 Å². The molecule has 1 aliphatic heterocycles. The number of halogens is 1. The van der Waals surface area contributed by atoms with Crippen LogP contribution in [0.1, 0.15) is 31.9 Å². The highest BCUT2D eigenvalue weighted by atomic mass is 79.9. The van der Waals surface area contributed by atoms with Crippen LogP contribution in [0.25, 0.3) is 6.08 Å². The highest BCUT2D eigenvalue weighted by Crippen LogP contribution is 2.39. The highest BCUT2D eigenvalue weighted by Gasteiger charge is 2.28.